The number of hydrogen-bond acceptors (Lipinski definition) is 4. The first-order valence-corrected chi connectivity index (χ1v) is 4.83. The summed E-state index contributed by atoms with van der Waals surface area (Å²) in [6, 6.07) is 6.31. The molecule has 0 spiro atoms. The number of benzene rings is 1. The first-order chi connectivity index (χ1) is 7.24. The average molecular weight is 210 g/mol. The van der Waals surface area contributed by atoms with E-state index in [9.17, 15) is 9.90 Å². The van der Waals surface area contributed by atoms with Gasteiger partial charge in [0.15, 0.2) is 11.5 Å². The van der Waals surface area contributed by atoms with Crippen LogP contribution in [0.15, 0.2) is 24.3 Å². The van der Waals surface area contributed by atoms with Crippen LogP contribution in [0.1, 0.15) is 19.3 Å². The van der Waals surface area contributed by atoms with Gasteiger partial charge in [-0.3, -0.25) is 4.79 Å². The molecule has 0 saturated carbocycles. The molecule has 0 aliphatic heterocycles. The fourth-order valence-electron chi connectivity index (χ4n) is 1.10. The molecule has 0 unspecified atom stereocenters. The lowest BCUT2D eigenvalue weighted by atomic mass is 10.2. The summed E-state index contributed by atoms with van der Waals surface area (Å²) in [6.45, 7) is 0.0733. The topological polar surface area (TPSA) is 66.8 Å². The van der Waals surface area contributed by atoms with Crippen LogP contribution in [-0.4, -0.2) is 22.8 Å². The van der Waals surface area contributed by atoms with Gasteiger partial charge in [-0.1, -0.05) is 12.1 Å². The number of aliphatic hydroxyl groups excluding tert-OH is 1. The zero-order valence-corrected chi connectivity index (χ0v) is 8.35. The second kappa shape index (κ2) is 6.03. The minimum Gasteiger partial charge on any atom is -0.504 e. The number of aromatic hydroxyl groups is 1. The van der Waals surface area contributed by atoms with Gasteiger partial charge in [-0.2, -0.15) is 0 Å². The van der Waals surface area contributed by atoms with Gasteiger partial charge in [0.2, 0.25) is 0 Å². The Kier molecular flexibility index (Phi) is 4.63. The normalized spacial score (nSPS) is 9.93. The number of aliphatic hydroxyl groups is 1. The summed E-state index contributed by atoms with van der Waals surface area (Å²) in [7, 11) is 0. The van der Waals surface area contributed by atoms with Crippen LogP contribution in [0.2, 0.25) is 0 Å². The highest BCUT2D eigenvalue weighted by Crippen LogP contribution is 2.24. The fraction of sp³-hybridized carbons (Fsp3) is 0.364. The van der Waals surface area contributed by atoms with Crippen LogP contribution < -0.4 is 4.74 Å². The highest BCUT2D eigenvalue weighted by molar-refractivity contribution is 5.73. The zero-order valence-electron chi connectivity index (χ0n) is 8.35. The van der Waals surface area contributed by atoms with E-state index in [0.29, 0.717) is 12.8 Å². The molecule has 0 aromatic heterocycles. The van der Waals surface area contributed by atoms with Gasteiger partial charge < -0.3 is 14.9 Å². The summed E-state index contributed by atoms with van der Waals surface area (Å²) in [5.74, 6) is -0.274. The molecule has 0 atom stereocenters. The molecule has 1 rings (SSSR count). The first-order valence-electron chi connectivity index (χ1n) is 4.83. The predicted molar refractivity (Wildman–Crippen MR) is 54.7 cm³/mol. The number of phenols is 1. The summed E-state index contributed by atoms with van der Waals surface area (Å²) in [4.78, 5) is 11.2. The maximum atomic E-state index is 11.2. The van der Waals surface area contributed by atoms with Crippen LogP contribution in [-0.2, 0) is 4.79 Å². The smallest absolute Gasteiger partial charge is 0.311 e. The third-order valence-corrected chi connectivity index (χ3v) is 1.88. The van der Waals surface area contributed by atoms with Crippen molar-refractivity contribution in [2.45, 2.75) is 19.3 Å². The van der Waals surface area contributed by atoms with Crippen molar-refractivity contribution in [1.29, 1.82) is 0 Å². The molecule has 1 aromatic rings. The number of phenolic OH excluding ortho intramolecular Hbond substituents is 1. The van der Waals surface area contributed by atoms with Crippen molar-refractivity contribution in [2.24, 2.45) is 0 Å². The highest BCUT2D eigenvalue weighted by atomic mass is 16.5. The number of carbonyl (C=O) groups excluding carboxylic acids is 1. The molecule has 0 amide bonds. The Bertz CT molecular complexity index is 322. The zero-order chi connectivity index (χ0) is 11.1. The van der Waals surface area contributed by atoms with Crippen LogP contribution >= 0.6 is 0 Å². The fourth-order valence-corrected chi connectivity index (χ4v) is 1.10. The van der Waals surface area contributed by atoms with E-state index in [0.717, 1.165) is 0 Å². The average Bonchev–Trinajstić information content (AvgIpc) is 2.22. The monoisotopic (exact) mass is 210 g/mol. The minimum absolute atomic E-state index is 0.0481. The highest BCUT2D eigenvalue weighted by Gasteiger charge is 2.07. The molecule has 0 fully saturated rings. The van der Waals surface area contributed by atoms with Crippen molar-refractivity contribution < 1.29 is 19.7 Å². The SMILES string of the molecule is O=C(CCCCO)Oc1ccccc1O. The van der Waals surface area contributed by atoms with Crippen molar-refractivity contribution >= 4 is 5.97 Å². The van der Waals surface area contributed by atoms with Gasteiger partial charge in [-0.15, -0.1) is 0 Å². The van der Waals surface area contributed by atoms with Crippen molar-refractivity contribution in [2.75, 3.05) is 6.61 Å². The van der Waals surface area contributed by atoms with Gasteiger partial charge in [0.05, 0.1) is 0 Å². The lowest BCUT2D eigenvalue weighted by molar-refractivity contribution is -0.134. The van der Waals surface area contributed by atoms with Crippen LogP contribution in [0.3, 0.4) is 0 Å². The Hall–Kier alpha value is -1.55. The number of rotatable bonds is 5. The van der Waals surface area contributed by atoms with Gasteiger partial charge in [-0.05, 0) is 25.0 Å². The Morgan fingerprint density at radius 1 is 1.27 bits per heavy atom. The summed E-state index contributed by atoms with van der Waals surface area (Å²) in [6.07, 6.45) is 1.41. The van der Waals surface area contributed by atoms with E-state index < -0.39 is 5.97 Å². The lowest BCUT2D eigenvalue weighted by Crippen LogP contribution is -2.07. The second-order valence-electron chi connectivity index (χ2n) is 3.12. The van der Waals surface area contributed by atoms with E-state index in [2.05, 4.69) is 0 Å². The van der Waals surface area contributed by atoms with Crippen LogP contribution in [0.5, 0.6) is 11.5 Å². The number of carbonyl (C=O) groups is 1. The molecule has 15 heavy (non-hydrogen) atoms. The quantitative estimate of drug-likeness (QED) is 0.438. The van der Waals surface area contributed by atoms with E-state index in [1.165, 1.54) is 12.1 Å². The maximum absolute atomic E-state index is 11.2. The molecule has 4 nitrogen and oxygen atoms in total. The van der Waals surface area contributed by atoms with Gasteiger partial charge in [0.25, 0.3) is 0 Å². The molecule has 4 heteroatoms. The van der Waals surface area contributed by atoms with Gasteiger partial charge in [-0.25, -0.2) is 0 Å². The van der Waals surface area contributed by atoms with Crippen molar-refractivity contribution in [3.63, 3.8) is 0 Å². The molecule has 82 valence electrons. The molecule has 2 N–H and O–H groups in total. The number of esters is 1. The molecule has 0 aliphatic rings. The Balaban J connectivity index is 2.41. The minimum atomic E-state index is -0.398. The Morgan fingerprint density at radius 3 is 2.67 bits per heavy atom. The molecular formula is C11H14O4. The van der Waals surface area contributed by atoms with Gasteiger partial charge in [0.1, 0.15) is 0 Å². The van der Waals surface area contributed by atoms with E-state index in [4.69, 9.17) is 9.84 Å². The van der Waals surface area contributed by atoms with Crippen molar-refractivity contribution in [3.8, 4) is 11.5 Å². The third-order valence-electron chi connectivity index (χ3n) is 1.88. The molecule has 0 radical (unpaired) electrons. The van der Waals surface area contributed by atoms with Crippen LogP contribution in [0.4, 0.5) is 0 Å². The number of ether oxygens (including phenoxy) is 1. The summed E-state index contributed by atoms with van der Waals surface area (Å²) < 4.78 is 4.92. The van der Waals surface area contributed by atoms with Gasteiger partial charge in [0, 0.05) is 13.0 Å². The lowest BCUT2D eigenvalue weighted by Gasteiger charge is -2.05. The maximum Gasteiger partial charge on any atom is 0.311 e. The largest absolute Gasteiger partial charge is 0.504 e. The summed E-state index contributed by atoms with van der Waals surface area (Å²) >= 11 is 0. The molecule has 0 saturated heterocycles. The number of para-hydroxylation sites is 2. The van der Waals surface area contributed by atoms with E-state index in [1.54, 1.807) is 12.1 Å². The van der Waals surface area contributed by atoms with E-state index >= 15 is 0 Å². The second-order valence-corrected chi connectivity index (χ2v) is 3.12. The van der Waals surface area contributed by atoms with Crippen LogP contribution in [0.25, 0.3) is 0 Å². The Labute approximate surface area is 88.1 Å². The summed E-state index contributed by atoms with van der Waals surface area (Å²) in [5.41, 5.74) is 0. The van der Waals surface area contributed by atoms with Crippen molar-refractivity contribution in [3.05, 3.63) is 24.3 Å². The molecular weight excluding hydrogens is 196 g/mol. The third kappa shape index (κ3) is 3.99. The number of hydrogen-bond donors (Lipinski definition) is 2. The molecule has 0 heterocycles. The Morgan fingerprint density at radius 2 is 2.00 bits per heavy atom. The van der Waals surface area contributed by atoms with Gasteiger partial charge >= 0.3 is 5.97 Å². The standard InChI is InChI=1S/C11H14O4/c12-8-4-3-7-11(14)15-10-6-2-1-5-9(10)13/h1-2,5-6,12-13H,3-4,7-8H2. The van der Waals surface area contributed by atoms with Crippen molar-refractivity contribution in [1.82, 2.24) is 0 Å². The molecule has 0 bridgehead atoms. The first kappa shape index (κ1) is 11.5. The van der Waals surface area contributed by atoms with E-state index in [-0.39, 0.29) is 24.5 Å². The molecule has 0 aliphatic carbocycles. The van der Waals surface area contributed by atoms with E-state index in [1.807, 2.05) is 0 Å². The summed E-state index contributed by atoms with van der Waals surface area (Å²) in [5, 5.41) is 17.8. The predicted octanol–water partition coefficient (Wildman–Crippen LogP) is 1.46. The molecule has 1 aromatic carbocycles. The van der Waals surface area contributed by atoms with Crippen LogP contribution in [0, 0.1) is 0 Å². The number of unbranched alkanes of at least 4 members (excludes halogenated alkanes) is 1.